The average Bonchev–Trinajstić information content (AvgIpc) is 2.34. The van der Waals surface area contributed by atoms with E-state index in [1.165, 1.54) is 12.1 Å². The highest BCUT2D eigenvalue weighted by molar-refractivity contribution is 9.11. The van der Waals surface area contributed by atoms with Crippen molar-refractivity contribution >= 4 is 31.9 Å². The molecule has 0 saturated heterocycles. The van der Waals surface area contributed by atoms with Gasteiger partial charge in [0, 0.05) is 20.6 Å². The Balaban J connectivity index is 2.50. The molecule has 0 aliphatic rings. The summed E-state index contributed by atoms with van der Waals surface area (Å²) >= 11 is 6.75. The van der Waals surface area contributed by atoms with Crippen LogP contribution in [-0.4, -0.2) is 0 Å². The highest BCUT2D eigenvalue weighted by Gasteiger charge is 2.19. The van der Waals surface area contributed by atoms with Crippen molar-refractivity contribution in [2.45, 2.75) is 6.04 Å². The Bertz CT molecular complexity index is 554. The third-order valence-electron chi connectivity index (χ3n) is 2.71. The number of rotatable bonds is 3. The Morgan fingerprint density at radius 1 is 1.00 bits per heavy atom. The van der Waals surface area contributed by atoms with Crippen molar-refractivity contribution in [2.24, 2.45) is 5.84 Å². The molecular weight excluding hydrogens is 382 g/mol. The fourth-order valence-corrected chi connectivity index (χ4v) is 3.09. The summed E-state index contributed by atoms with van der Waals surface area (Å²) in [6, 6.07) is 8.32. The van der Waals surface area contributed by atoms with Gasteiger partial charge in [0.25, 0.3) is 0 Å². The van der Waals surface area contributed by atoms with Crippen molar-refractivity contribution in [3.05, 3.63) is 68.1 Å². The quantitative estimate of drug-likeness (QED) is 0.612. The van der Waals surface area contributed by atoms with E-state index in [1.807, 2.05) is 18.2 Å². The molecule has 0 aliphatic carbocycles. The molecule has 0 fully saturated rings. The molecule has 19 heavy (non-hydrogen) atoms. The zero-order valence-corrected chi connectivity index (χ0v) is 12.8. The predicted molar refractivity (Wildman–Crippen MR) is 77.4 cm³/mol. The van der Waals surface area contributed by atoms with E-state index in [9.17, 15) is 8.78 Å². The molecule has 0 aliphatic heterocycles. The average molecular weight is 392 g/mol. The van der Waals surface area contributed by atoms with Gasteiger partial charge in [-0.2, -0.15) is 0 Å². The molecule has 0 bridgehead atoms. The van der Waals surface area contributed by atoms with Gasteiger partial charge in [-0.1, -0.05) is 44.0 Å². The van der Waals surface area contributed by atoms with Gasteiger partial charge in [-0.25, -0.2) is 14.2 Å². The minimum atomic E-state index is -0.641. The minimum absolute atomic E-state index is 0.284. The van der Waals surface area contributed by atoms with Crippen molar-refractivity contribution < 1.29 is 8.78 Å². The molecule has 3 N–H and O–H groups in total. The number of nitrogens with one attached hydrogen (secondary N) is 1. The van der Waals surface area contributed by atoms with E-state index in [1.54, 1.807) is 0 Å². The van der Waals surface area contributed by atoms with E-state index in [0.29, 0.717) is 0 Å². The van der Waals surface area contributed by atoms with Gasteiger partial charge in [0.05, 0.1) is 6.04 Å². The van der Waals surface area contributed by atoms with Crippen molar-refractivity contribution in [2.75, 3.05) is 0 Å². The standard InChI is InChI=1S/C13H10Br2F2N2/c14-7-1-3-9(11(15)5-7)13(19-18)10-4-2-8(16)6-12(10)17/h1-6,13,19H,18H2. The Morgan fingerprint density at radius 3 is 2.26 bits per heavy atom. The van der Waals surface area contributed by atoms with Gasteiger partial charge in [0.15, 0.2) is 0 Å². The summed E-state index contributed by atoms with van der Waals surface area (Å²) < 4.78 is 28.4. The summed E-state index contributed by atoms with van der Waals surface area (Å²) in [5.41, 5.74) is 3.59. The molecule has 2 aromatic rings. The van der Waals surface area contributed by atoms with E-state index < -0.39 is 17.7 Å². The number of hydrogen-bond donors (Lipinski definition) is 2. The van der Waals surface area contributed by atoms with Crippen LogP contribution in [-0.2, 0) is 0 Å². The molecule has 0 saturated carbocycles. The van der Waals surface area contributed by atoms with Crippen molar-refractivity contribution in [1.29, 1.82) is 0 Å². The molecule has 0 heterocycles. The molecular formula is C13H10Br2F2N2. The van der Waals surface area contributed by atoms with Crippen LogP contribution >= 0.6 is 31.9 Å². The topological polar surface area (TPSA) is 38.0 Å². The lowest BCUT2D eigenvalue weighted by Gasteiger charge is -2.19. The molecule has 2 nitrogen and oxygen atoms in total. The van der Waals surface area contributed by atoms with Gasteiger partial charge in [-0.3, -0.25) is 5.84 Å². The molecule has 1 unspecified atom stereocenters. The van der Waals surface area contributed by atoms with Crippen LogP contribution in [0.4, 0.5) is 8.78 Å². The van der Waals surface area contributed by atoms with Gasteiger partial charge in [-0.05, 0) is 23.8 Å². The van der Waals surface area contributed by atoms with Crippen LogP contribution in [0.3, 0.4) is 0 Å². The first kappa shape index (κ1) is 14.6. The summed E-state index contributed by atoms with van der Waals surface area (Å²) in [5.74, 6) is 4.25. The van der Waals surface area contributed by atoms with Crippen LogP contribution in [0.1, 0.15) is 17.2 Å². The summed E-state index contributed by atoms with van der Waals surface area (Å²) in [5, 5.41) is 0. The Kier molecular flexibility index (Phi) is 4.67. The van der Waals surface area contributed by atoms with E-state index in [-0.39, 0.29) is 5.56 Å². The van der Waals surface area contributed by atoms with Crippen LogP contribution in [0.25, 0.3) is 0 Å². The van der Waals surface area contributed by atoms with Gasteiger partial charge >= 0.3 is 0 Å². The molecule has 6 heteroatoms. The number of benzene rings is 2. The zero-order chi connectivity index (χ0) is 14.0. The second-order valence-electron chi connectivity index (χ2n) is 3.93. The lowest BCUT2D eigenvalue weighted by molar-refractivity contribution is 0.541. The normalized spacial score (nSPS) is 12.5. The molecule has 0 radical (unpaired) electrons. The number of hydrogen-bond acceptors (Lipinski definition) is 2. The van der Waals surface area contributed by atoms with Crippen molar-refractivity contribution in [3.8, 4) is 0 Å². The van der Waals surface area contributed by atoms with Crippen LogP contribution in [0.2, 0.25) is 0 Å². The van der Waals surface area contributed by atoms with E-state index in [2.05, 4.69) is 37.3 Å². The summed E-state index contributed by atoms with van der Waals surface area (Å²) in [6.45, 7) is 0. The smallest absolute Gasteiger partial charge is 0.131 e. The lowest BCUT2D eigenvalue weighted by atomic mass is 9.99. The molecule has 0 aromatic heterocycles. The number of nitrogens with two attached hydrogens (primary N) is 1. The fraction of sp³-hybridized carbons (Fsp3) is 0.0769. The summed E-state index contributed by atoms with van der Waals surface area (Å²) in [4.78, 5) is 0. The number of hydrazine groups is 1. The second kappa shape index (κ2) is 6.09. The molecule has 2 aromatic carbocycles. The largest absolute Gasteiger partial charge is 0.271 e. The van der Waals surface area contributed by atoms with Gasteiger partial charge in [0.2, 0.25) is 0 Å². The van der Waals surface area contributed by atoms with Gasteiger partial charge < -0.3 is 0 Å². The lowest BCUT2D eigenvalue weighted by Crippen LogP contribution is -2.29. The van der Waals surface area contributed by atoms with Crippen LogP contribution in [0, 0.1) is 11.6 Å². The minimum Gasteiger partial charge on any atom is -0.271 e. The second-order valence-corrected chi connectivity index (χ2v) is 5.70. The maximum absolute atomic E-state index is 13.8. The van der Waals surface area contributed by atoms with E-state index in [0.717, 1.165) is 20.6 Å². The Hall–Kier alpha value is -0.820. The molecule has 1 atom stereocenters. The van der Waals surface area contributed by atoms with Crippen molar-refractivity contribution in [1.82, 2.24) is 5.43 Å². The third kappa shape index (κ3) is 3.20. The van der Waals surface area contributed by atoms with Gasteiger partial charge in [0.1, 0.15) is 11.6 Å². The van der Waals surface area contributed by atoms with Crippen molar-refractivity contribution in [3.63, 3.8) is 0 Å². The molecule has 0 amide bonds. The van der Waals surface area contributed by atoms with E-state index >= 15 is 0 Å². The zero-order valence-electron chi connectivity index (χ0n) is 9.63. The fourth-order valence-electron chi connectivity index (χ4n) is 1.82. The summed E-state index contributed by atoms with van der Waals surface area (Å²) in [6.07, 6.45) is 0. The van der Waals surface area contributed by atoms with Crippen LogP contribution in [0.5, 0.6) is 0 Å². The molecule has 100 valence electrons. The first-order chi connectivity index (χ1) is 9.02. The monoisotopic (exact) mass is 390 g/mol. The van der Waals surface area contributed by atoms with Crippen LogP contribution in [0.15, 0.2) is 45.3 Å². The first-order valence-electron chi connectivity index (χ1n) is 5.39. The Morgan fingerprint density at radius 2 is 1.68 bits per heavy atom. The SMILES string of the molecule is NNC(c1ccc(F)cc1F)c1ccc(Br)cc1Br. The Labute approximate surface area is 126 Å². The van der Waals surface area contributed by atoms with E-state index in [4.69, 9.17) is 5.84 Å². The summed E-state index contributed by atoms with van der Waals surface area (Å²) in [7, 11) is 0. The maximum Gasteiger partial charge on any atom is 0.131 e. The highest BCUT2D eigenvalue weighted by atomic mass is 79.9. The predicted octanol–water partition coefficient (Wildman–Crippen LogP) is 4.04. The highest BCUT2D eigenvalue weighted by Crippen LogP contribution is 2.31. The van der Waals surface area contributed by atoms with Gasteiger partial charge in [-0.15, -0.1) is 0 Å². The molecule has 0 spiro atoms. The molecule has 2 rings (SSSR count). The third-order valence-corrected chi connectivity index (χ3v) is 3.89. The maximum atomic E-state index is 13.8. The van der Waals surface area contributed by atoms with Crippen LogP contribution < -0.4 is 11.3 Å². The first-order valence-corrected chi connectivity index (χ1v) is 6.97. The number of halogens is 4.